The van der Waals surface area contributed by atoms with Crippen LogP contribution in [0.1, 0.15) is 13.8 Å². The highest BCUT2D eigenvalue weighted by atomic mass is 16.4. The van der Waals surface area contributed by atoms with Gasteiger partial charge in [0, 0.05) is 6.92 Å². The Hall–Kier alpha value is -0.970. The maximum Gasteiger partial charge on any atom is 0.300 e. The largest absolute Gasteiger partial charge is 0.481 e. The fourth-order valence-corrected chi connectivity index (χ4v) is 0. The molecule has 0 fully saturated rings. The van der Waals surface area contributed by atoms with Crippen LogP contribution in [0.4, 0.5) is 0 Å². The summed E-state index contributed by atoms with van der Waals surface area (Å²) in [5.74, 6) is 1.42. The lowest BCUT2D eigenvalue weighted by Crippen LogP contribution is -1.78. The second kappa shape index (κ2) is 8.90. The van der Waals surface area contributed by atoms with Crippen molar-refractivity contribution < 1.29 is 9.90 Å². The molecule has 0 bridgehead atoms. The molecule has 0 amide bonds. The maximum atomic E-state index is 9.00. The number of hydrogen-bond acceptors (Lipinski definition) is 1. The van der Waals surface area contributed by atoms with Crippen molar-refractivity contribution in [2.24, 2.45) is 0 Å². The zero-order valence-electron chi connectivity index (χ0n) is 4.43. The minimum absolute atomic E-state index is 0.833. The Balaban J connectivity index is 0. The van der Waals surface area contributed by atoms with Gasteiger partial charge in [-0.2, -0.15) is 0 Å². The van der Waals surface area contributed by atoms with Gasteiger partial charge in [0.25, 0.3) is 5.97 Å². The van der Waals surface area contributed by atoms with Crippen molar-refractivity contribution >= 4 is 5.97 Å². The Labute approximate surface area is 43.2 Å². The van der Waals surface area contributed by atoms with Crippen molar-refractivity contribution in [1.29, 1.82) is 0 Å². The van der Waals surface area contributed by atoms with Crippen molar-refractivity contribution in [3.05, 3.63) is 0 Å². The molecular weight excluding hydrogens is 92.1 g/mol. The normalized spacial score (nSPS) is 4.71. The van der Waals surface area contributed by atoms with E-state index in [4.69, 9.17) is 9.90 Å². The lowest BCUT2D eigenvalue weighted by atomic mass is 10.9. The number of carboxylic acids is 1. The molecule has 0 aromatic carbocycles. The van der Waals surface area contributed by atoms with Gasteiger partial charge in [0.1, 0.15) is 0 Å². The van der Waals surface area contributed by atoms with Crippen LogP contribution >= 0.6 is 0 Å². The second-order valence-electron chi connectivity index (χ2n) is 0.808. The lowest BCUT2D eigenvalue weighted by Gasteiger charge is -1.59. The van der Waals surface area contributed by atoms with Crippen LogP contribution in [0.25, 0.3) is 0 Å². The molecule has 0 aliphatic carbocycles. The van der Waals surface area contributed by atoms with Gasteiger partial charge in [-0.05, 0) is 6.92 Å². The predicted molar refractivity (Wildman–Crippen MR) is 27.8 cm³/mol. The van der Waals surface area contributed by atoms with Gasteiger partial charge in [-0.3, -0.25) is 4.79 Å². The summed E-state index contributed by atoms with van der Waals surface area (Å²) in [6, 6.07) is 0. The minimum atomic E-state index is -0.833. The molecule has 7 heavy (non-hydrogen) atoms. The van der Waals surface area contributed by atoms with Gasteiger partial charge in [-0.25, -0.2) is 0 Å². The molecule has 0 heterocycles. The average molecular weight is 100 g/mol. The maximum absolute atomic E-state index is 9.00. The van der Waals surface area contributed by atoms with Crippen LogP contribution in [0.5, 0.6) is 0 Å². The third-order valence-corrected chi connectivity index (χ3v) is 0. The topological polar surface area (TPSA) is 37.3 Å². The molecule has 2 nitrogen and oxygen atoms in total. The average Bonchev–Trinajstić information content (AvgIpc) is 1.33. The Bertz CT molecular complexity index is 74.6. The molecule has 0 aliphatic rings. The Morgan fingerprint density at radius 3 is 1.86 bits per heavy atom. The molecule has 0 saturated carbocycles. The molecule has 0 spiro atoms. The van der Waals surface area contributed by atoms with Crippen LogP contribution in [-0.4, -0.2) is 11.1 Å². The van der Waals surface area contributed by atoms with Gasteiger partial charge in [0.15, 0.2) is 0 Å². The van der Waals surface area contributed by atoms with Crippen molar-refractivity contribution in [2.75, 3.05) is 0 Å². The van der Waals surface area contributed by atoms with Crippen LogP contribution in [0, 0.1) is 12.3 Å². The molecule has 1 N–H and O–H groups in total. The molecule has 0 radical (unpaired) electrons. The second-order valence-corrected chi connectivity index (χ2v) is 0.808. The van der Waals surface area contributed by atoms with E-state index < -0.39 is 5.97 Å². The molecule has 0 atom stereocenters. The smallest absolute Gasteiger partial charge is 0.300 e. The Kier molecular flexibility index (Phi) is 11.9. The fraction of sp³-hybridized carbons (Fsp3) is 0.400. The first-order chi connectivity index (χ1) is 3.15. The molecular formula is C5H8O2. The molecule has 0 aromatic rings. The Morgan fingerprint density at radius 1 is 1.86 bits per heavy atom. The van der Waals surface area contributed by atoms with E-state index in [9.17, 15) is 0 Å². The number of hydrogen-bond donors (Lipinski definition) is 1. The first kappa shape index (κ1) is 9.39. The Morgan fingerprint density at radius 2 is 1.86 bits per heavy atom. The number of aliphatic carboxylic acids is 1. The summed E-state index contributed by atoms with van der Waals surface area (Å²) in [6.07, 6.45) is 4.60. The van der Waals surface area contributed by atoms with Gasteiger partial charge >= 0.3 is 0 Å². The van der Waals surface area contributed by atoms with Crippen LogP contribution in [0.2, 0.25) is 0 Å². The quantitative estimate of drug-likeness (QED) is 0.455. The molecule has 0 saturated heterocycles. The monoisotopic (exact) mass is 100 g/mol. The number of carbonyl (C=O) groups is 1. The van der Waals surface area contributed by atoms with E-state index in [0.29, 0.717) is 0 Å². The standard InChI is InChI=1S/C3H4.C2H4O2/c1-3-2;1-2(3)4/h1H,2H3;1H3,(H,3,4). The molecule has 0 rings (SSSR count). The third-order valence-electron chi connectivity index (χ3n) is 0. The molecule has 2 heteroatoms. The van der Waals surface area contributed by atoms with Crippen LogP contribution < -0.4 is 0 Å². The summed E-state index contributed by atoms with van der Waals surface area (Å²) in [4.78, 5) is 9.00. The summed E-state index contributed by atoms with van der Waals surface area (Å²) in [5.41, 5.74) is 0. The molecule has 0 aliphatic heterocycles. The van der Waals surface area contributed by atoms with Crippen LogP contribution in [0.15, 0.2) is 0 Å². The highest BCUT2D eigenvalue weighted by Crippen LogP contribution is 1.42. The summed E-state index contributed by atoms with van der Waals surface area (Å²) in [5, 5.41) is 7.42. The van der Waals surface area contributed by atoms with Crippen molar-refractivity contribution in [2.45, 2.75) is 13.8 Å². The van der Waals surface area contributed by atoms with E-state index in [-0.39, 0.29) is 0 Å². The van der Waals surface area contributed by atoms with Crippen LogP contribution in [-0.2, 0) is 4.79 Å². The lowest BCUT2D eigenvalue weighted by molar-refractivity contribution is -0.134. The minimum Gasteiger partial charge on any atom is -0.481 e. The summed E-state index contributed by atoms with van der Waals surface area (Å²) < 4.78 is 0. The fourth-order valence-electron chi connectivity index (χ4n) is 0. The van der Waals surface area contributed by atoms with E-state index in [1.165, 1.54) is 0 Å². The third kappa shape index (κ3) is 49.1. The SMILES string of the molecule is C#CC.CC(=O)O. The highest BCUT2D eigenvalue weighted by molar-refractivity contribution is 5.62. The van der Waals surface area contributed by atoms with E-state index in [1.807, 2.05) is 0 Å². The van der Waals surface area contributed by atoms with Crippen molar-refractivity contribution in [3.63, 3.8) is 0 Å². The summed E-state index contributed by atoms with van der Waals surface area (Å²) in [6.45, 7) is 2.74. The molecule has 0 unspecified atom stereocenters. The number of terminal acetylenes is 1. The van der Waals surface area contributed by atoms with Gasteiger partial charge in [-0.1, -0.05) is 0 Å². The predicted octanol–water partition coefficient (Wildman–Crippen LogP) is 0.730. The van der Waals surface area contributed by atoms with E-state index >= 15 is 0 Å². The van der Waals surface area contributed by atoms with Gasteiger partial charge in [0.2, 0.25) is 0 Å². The zero-order chi connectivity index (χ0) is 6.28. The molecule has 40 valence electrons. The first-order valence-corrected chi connectivity index (χ1v) is 1.72. The van der Waals surface area contributed by atoms with E-state index in [1.54, 1.807) is 6.92 Å². The van der Waals surface area contributed by atoms with Gasteiger partial charge < -0.3 is 5.11 Å². The summed E-state index contributed by atoms with van der Waals surface area (Å²) >= 11 is 0. The number of carboxylic acid groups (broad SMARTS) is 1. The highest BCUT2D eigenvalue weighted by Gasteiger charge is 1.65. The zero-order valence-corrected chi connectivity index (χ0v) is 4.43. The van der Waals surface area contributed by atoms with Crippen LogP contribution in [0.3, 0.4) is 0 Å². The van der Waals surface area contributed by atoms with E-state index in [2.05, 4.69) is 12.3 Å². The van der Waals surface area contributed by atoms with Gasteiger partial charge in [-0.15, -0.1) is 12.3 Å². The van der Waals surface area contributed by atoms with Crippen molar-refractivity contribution in [3.8, 4) is 12.3 Å². The first-order valence-electron chi connectivity index (χ1n) is 1.72. The molecule has 0 aromatic heterocycles. The number of rotatable bonds is 0. The summed E-state index contributed by atoms with van der Waals surface area (Å²) in [7, 11) is 0. The van der Waals surface area contributed by atoms with Gasteiger partial charge in [0.05, 0.1) is 0 Å². The van der Waals surface area contributed by atoms with E-state index in [0.717, 1.165) is 6.92 Å². The van der Waals surface area contributed by atoms with Crippen molar-refractivity contribution in [1.82, 2.24) is 0 Å².